The SMILES string of the molecule is COCC(CCl)NCCC1CCCO1. The summed E-state index contributed by atoms with van der Waals surface area (Å²) in [6.07, 6.45) is 3.96. The van der Waals surface area contributed by atoms with Crippen LogP contribution in [0.15, 0.2) is 0 Å². The third-order valence-electron chi connectivity index (χ3n) is 2.48. The molecule has 0 bridgehead atoms. The molecule has 0 amide bonds. The molecule has 14 heavy (non-hydrogen) atoms. The van der Waals surface area contributed by atoms with E-state index in [1.54, 1.807) is 7.11 Å². The van der Waals surface area contributed by atoms with E-state index < -0.39 is 0 Å². The van der Waals surface area contributed by atoms with Crippen LogP contribution in [0.25, 0.3) is 0 Å². The van der Waals surface area contributed by atoms with Gasteiger partial charge in [-0.25, -0.2) is 0 Å². The lowest BCUT2D eigenvalue weighted by molar-refractivity contribution is 0.102. The molecule has 84 valence electrons. The van der Waals surface area contributed by atoms with Crippen LogP contribution >= 0.6 is 11.6 Å². The van der Waals surface area contributed by atoms with Crippen molar-refractivity contribution < 1.29 is 9.47 Å². The van der Waals surface area contributed by atoms with E-state index in [0.29, 0.717) is 18.6 Å². The number of hydrogen-bond donors (Lipinski definition) is 1. The summed E-state index contributed by atoms with van der Waals surface area (Å²) in [5.74, 6) is 0.597. The Morgan fingerprint density at radius 2 is 2.50 bits per heavy atom. The van der Waals surface area contributed by atoms with Gasteiger partial charge in [-0.15, -0.1) is 11.6 Å². The van der Waals surface area contributed by atoms with Gasteiger partial charge in [0.15, 0.2) is 0 Å². The molecule has 1 heterocycles. The van der Waals surface area contributed by atoms with E-state index in [-0.39, 0.29) is 6.04 Å². The van der Waals surface area contributed by atoms with Crippen LogP contribution in [0.3, 0.4) is 0 Å². The number of nitrogens with one attached hydrogen (secondary N) is 1. The highest BCUT2D eigenvalue weighted by atomic mass is 35.5. The fraction of sp³-hybridized carbons (Fsp3) is 1.00. The first-order chi connectivity index (χ1) is 6.86. The maximum Gasteiger partial charge on any atom is 0.0627 e. The Morgan fingerprint density at radius 1 is 1.64 bits per heavy atom. The van der Waals surface area contributed by atoms with Gasteiger partial charge in [0.05, 0.1) is 12.7 Å². The summed E-state index contributed by atoms with van der Waals surface area (Å²) in [5.41, 5.74) is 0. The van der Waals surface area contributed by atoms with E-state index in [2.05, 4.69) is 5.32 Å². The third kappa shape index (κ3) is 4.60. The third-order valence-corrected chi connectivity index (χ3v) is 2.85. The monoisotopic (exact) mass is 221 g/mol. The minimum absolute atomic E-state index is 0.267. The molecule has 0 spiro atoms. The molecule has 2 unspecified atom stereocenters. The topological polar surface area (TPSA) is 30.5 Å². The predicted octanol–water partition coefficient (Wildman–Crippen LogP) is 1.40. The van der Waals surface area contributed by atoms with Gasteiger partial charge in [-0.1, -0.05) is 0 Å². The average molecular weight is 222 g/mol. The van der Waals surface area contributed by atoms with Crippen molar-refractivity contribution in [2.75, 3.05) is 32.7 Å². The Kier molecular flexibility index (Phi) is 6.52. The van der Waals surface area contributed by atoms with Crippen molar-refractivity contribution in [2.45, 2.75) is 31.4 Å². The largest absolute Gasteiger partial charge is 0.383 e. The summed E-state index contributed by atoms with van der Waals surface area (Å²) in [4.78, 5) is 0. The Bertz CT molecular complexity index is 140. The van der Waals surface area contributed by atoms with E-state index in [4.69, 9.17) is 21.1 Å². The summed E-state index contributed by atoms with van der Waals surface area (Å²) in [5, 5.41) is 3.36. The molecule has 1 saturated heterocycles. The molecule has 0 aliphatic carbocycles. The van der Waals surface area contributed by atoms with Crippen LogP contribution in [-0.4, -0.2) is 44.9 Å². The van der Waals surface area contributed by atoms with Gasteiger partial charge >= 0.3 is 0 Å². The van der Waals surface area contributed by atoms with Crippen LogP contribution in [-0.2, 0) is 9.47 Å². The average Bonchev–Trinajstić information content (AvgIpc) is 2.69. The molecule has 1 aliphatic heterocycles. The smallest absolute Gasteiger partial charge is 0.0627 e. The number of hydrogen-bond acceptors (Lipinski definition) is 3. The minimum Gasteiger partial charge on any atom is -0.383 e. The van der Waals surface area contributed by atoms with Gasteiger partial charge in [-0.05, 0) is 25.8 Å². The molecule has 1 N–H and O–H groups in total. The molecule has 1 fully saturated rings. The molecule has 0 aromatic rings. The van der Waals surface area contributed by atoms with Crippen molar-refractivity contribution in [2.24, 2.45) is 0 Å². The predicted molar refractivity (Wildman–Crippen MR) is 58.0 cm³/mol. The number of alkyl halides is 1. The van der Waals surface area contributed by atoms with E-state index in [0.717, 1.165) is 19.6 Å². The van der Waals surface area contributed by atoms with E-state index >= 15 is 0 Å². The Labute approximate surface area is 91.1 Å². The van der Waals surface area contributed by atoms with Crippen molar-refractivity contribution in [3.05, 3.63) is 0 Å². The van der Waals surface area contributed by atoms with Gasteiger partial charge in [0.1, 0.15) is 0 Å². The highest BCUT2D eigenvalue weighted by Crippen LogP contribution is 2.14. The maximum atomic E-state index is 5.77. The van der Waals surface area contributed by atoms with Crippen molar-refractivity contribution in [1.82, 2.24) is 5.32 Å². The highest BCUT2D eigenvalue weighted by Gasteiger charge is 2.15. The van der Waals surface area contributed by atoms with Gasteiger partial charge in [-0.3, -0.25) is 0 Å². The fourth-order valence-electron chi connectivity index (χ4n) is 1.68. The van der Waals surface area contributed by atoms with Crippen LogP contribution in [0.2, 0.25) is 0 Å². The Hall–Kier alpha value is 0.170. The van der Waals surface area contributed by atoms with Gasteiger partial charge in [0, 0.05) is 25.6 Å². The normalized spacial score (nSPS) is 24.0. The molecule has 2 atom stereocenters. The fourth-order valence-corrected chi connectivity index (χ4v) is 1.88. The molecular weight excluding hydrogens is 202 g/mol. The molecule has 0 aromatic carbocycles. The summed E-state index contributed by atoms with van der Waals surface area (Å²) >= 11 is 5.77. The van der Waals surface area contributed by atoms with Gasteiger partial charge in [0.2, 0.25) is 0 Å². The number of ether oxygens (including phenoxy) is 2. The summed E-state index contributed by atoms with van der Waals surface area (Å²) in [6, 6.07) is 0.267. The molecule has 0 saturated carbocycles. The van der Waals surface area contributed by atoms with Crippen LogP contribution in [0.5, 0.6) is 0 Å². The minimum atomic E-state index is 0.267. The Balaban J connectivity index is 2.00. The van der Waals surface area contributed by atoms with Crippen LogP contribution in [0.1, 0.15) is 19.3 Å². The Morgan fingerprint density at radius 3 is 3.07 bits per heavy atom. The second kappa shape index (κ2) is 7.46. The van der Waals surface area contributed by atoms with Gasteiger partial charge in [-0.2, -0.15) is 0 Å². The van der Waals surface area contributed by atoms with Crippen LogP contribution < -0.4 is 5.32 Å². The molecular formula is C10H20ClNO2. The first-order valence-electron chi connectivity index (χ1n) is 5.26. The molecule has 1 aliphatic rings. The van der Waals surface area contributed by atoms with E-state index in [1.807, 2.05) is 0 Å². The first-order valence-corrected chi connectivity index (χ1v) is 5.80. The lowest BCUT2D eigenvalue weighted by atomic mass is 10.2. The van der Waals surface area contributed by atoms with Crippen molar-refractivity contribution in [3.8, 4) is 0 Å². The molecule has 4 heteroatoms. The summed E-state index contributed by atoms with van der Waals surface area (Å²) < 4.78 is 10.6. The quantitative estimate of drug-likeness (QED) is 0.660. The molecule has 0 radical (unpaired) electrons. The molecule has 0 aromatic heterocycles. The van der Waals surface area contributed by atoms with Crippen LogP contribution in [0.4, 0.5) is 0 Å². The van der Waals surface area contributed by atoms with Gasteiger partial charge in [0.25, 0.3) is 0 Å². The summed E-state index contributed by atoms with van der Waals surface area (Å²) in [7, 11) is 1.70. The molecule has 3 nitrogen and oxygen atoms in total. The maximum absolute atomic E-state index is 5.77. The second-order valence-corrected chi connectivity index (χ2v) is 3.99. The van der Waals surface area contributed by atoms with Crippen molar-refractivity contribution in [1.29, 1.82) is 0 Å². The molecule has 1 rings (SSSR count). The summed E-state index contributed by atoms with van der Waals surface area (Å²) in [6.45, 7) is 2.57. The van der Waals surface area contributed by atoms with Crippen molar-refractivity contribution in [3.63, 3.8) is 0 Å². The van der Waals surface area contributed by atoms with Crippen LogP contribution in [0, 0.1) is 0 Å². The zero-order valence-corrected chi connectivity index (χ0v) is 9.55. The number of rotatable bonds is 7. The lowest BCUT2D eigenvalue weighted by Gasteiger charge is -2.16. The van der Waals surface area contributed by atoms with Gasteiger partial charge < -0.3 is 14.8 Å². The zero-order valence-electron chi connectivity index (χ0n) is 8.80. The van der Waals surface area contributed by atoms with E-state index in [9.17, 15) is 0 Å². The second-order valence-electron chi connectivity index (χ2n) is 3.68. The lowest BCUT2D eigenvalue weighted by Crippen LogP contribution is -2.36. The van der Waals surface area contributed by atoms with E-state index in [1.165, 1.54) is 12.8 Å². The number of methoxy groups -OCH3 is 1. The zero-order chi connectivity index (χ0) is 10.2. The highest BCUT2D eigenvalue weighted by molar-refractivity contribution is 6.18. The van der Waals surface area contributed by atoms with Crippen molar-refractivity contribution >= 4 is 11.6 Å². The standard InChI is InChI=1S/C10H20ClNO2/c1-13-8-9(7-11)12-5-4-10-3-2-6-14-10/h9-10,12H,2-8H2,1H3. The first kappa shape index (κ1) is 12.2. The number of halogens is 1.